The summed E-state index contributed by atoms with van der Waals surface area (Å²) in [7, 11) is -3.83. The van der Waals surface area contributed by atoms with Crippen LogP contribution in [0.3, 0.4) is 0 Å². The van der Waals surface area contributed by atoms with Crippen molar-refractivity contribution in [1.82, 2.24) is 9.71 Å². The predicted molar refractivity (Wildman–Crippen MR) is 79.1 cm³/mol. The molecule has 1 heterocycles. The van der Waals surface area contributed by atoms with Crippen LogP contribution in [0.5, 0.6) is 0 Å². The summed E-state index contributed by atoms with van der Waals surface area (Å²) >= 11 is 0. The minimum Gasteiger partial charge on any atom is -0.385 e. The average molecular weight is 319 g/mol. The molecule has 1 aliphatic carbocycles. The average Bonchev–Trinajstić information content (AvgIpc) is 3.11. The smallest absolute Gasteiger partial charge is 0.253 e. The van der Waals surface area contributed by atoms with Crippen molar-refractivity contribution in [3.8, 4) is 6.07 Å². The SMILES string of the molecule is N#CC1(NS(=O)(=O)c2ccc3c(C(N)=O)c(N)[nH]c3c2)CC1. The maximum Gasteiger partial charge on any atom is 0.253 e. The third-order valence-corrected chi connectivity index (χ3v) is 5.18. The van der Waals surface area contributed by atoms with E-state index in [-0.39, 0.29) is 16.3 Å². The second-order valence-corrected chi connectivity index (χ2v) is 6.97. The Bertz CT molecular complexity index is 934. The number of aromatic amines is 1. The summed E-state index contributed by atoms with van der Waals surface area (Å²) in [6.45, 7) is 0. The Morgan fingerprint density at radius 2 is 2.09 bits per heavy atom. The van der Waals surface area contributed by atoms with Gasteiger partial charge in [0.05, 0.1) is 16.5 Å². The van der Waals surface area contributed by atoms with Crippen LogP contribution in [0.2, 0.25) is 0 Å². The molecular weight excluding hydrogens is 306 g/mol. The molecule has 22 heavy (non-hydrogen) atoms. The quantitative estimate of drug-likeness (QED) is 0.632. The van der Waals surface area contributed by atoms with Crippen molar-refractivity contribution < 1.29 is 13.2 Å². The highest BCUT2D eigenvalue weighted by Gasteiger charge is 2.46. The summed E-state index contributed by atoms with van der Waals surface area (Å²) in [5.74, 6) is -0.611. The summed E-state index contributed by atoms with van der Waals surface area (Å²) in [6.07, 6.45) is 0.985. The molecule has 2 aromatic rings. The molecule has 8 nitrogen and oxygen atoms in total. The lowest BCUT2D eigenvalue weighted by Crippen LogP contribution is -2.35. The number of amides is 1. The van der Waals surface area contributed by atoms with Crippen molar-refractivity contribution in [2.24, 2.45) is 5.73 Å². The Kier molecular flexibility index (Phi) is 2.91. The maximum atomic E-state index is 12.3. The molecule has 9 heteroatoms. The van der Waals surface area contributed by atoms with Gasteiger partial charge in [-0.3, -0.25) is 4.79 Å². The Morgan fingerprint density at radius 1 is 1.41 bits per heavy atom. The zero-order valence-corrected chi connectivity index (χ0v) is 12.2. The van der Waals surface area contributed by atoms with Gasteiger partial charge in [-0.15, -0.1) is 0 Å². The first kappa shape index (κ1) is 14.4. The van der Waals surface area contributed by atoms with Crippen LogP contribution in [-0.4, -0.2) is 24.8 Å². The summed E-state index contributed by atoms with van der Waals surface area (Å²) < 4.78 is 27.0. The first-order chi connectivity index (χ1) is 10.3. The van der Waals surface area contributed by atoms with E-state index in [2.05, 4.69) is 9.71 Å². The number of benzene rings is 1. The number of nitriles is 1. The van der Waals surface area contributed by atoms with E-state index in [4.69, 9.17) is 16.7 Å². The number of fused-ring (bicyclic) bond motifs is 1. The number of primary amides is 1. The van der Waals surface area contributed by atoms with Gasteiger partial charge in [0.15, 0.2) is 0 Å². The molecule has 1 fully saturated rings. The van der Waals surface area contributed by atoms with E-state index >= 15 is 0 Å². The zero-order chi connectivity index (χ0) is 16.1. The first-order valence-corrected chi connectivity index (χ1v) is 7.92. The number of nitrogens with one attached hydrogen (secondary N) is 2. The van der Waals surface area contributed by atoms with Gasteiger partial charge in [0.25, 0.3) is 5.91 Å². The van der Waals surface area contributed by atoms with Gasteiger partial charge in [0.1, 0.15) is 11.4 Å². The first-order valence-electron chi connectivity index (χ1n) is 6.44. The molecule has 1 aliphatic rings. The number of nitrogens with zero attached hydrogens (tertiary/aromatic N) is 1. The third kappa shape index (κ3) is 2.18. The Hall–Kier alpha value is -2.57. The number of aromatic nitrogens is 1. The van der Waals surface area contributed by atoms with E-state index in [1.54, 1.807) is 0 Å². The minimum atomic E-state index is -3.83. The van der Waals surface area contributed by atoms with Gasteiger partial charge in [-0.2, -0.15) is 9.98 Å². The molecule has 114 valence electrons. The van der Waals surface area contributed by atoms with E-state index in [0.717, 1.165) is 0 Å². The van der Waals surface area contributed by atoms with Crippen molar-refractivity contribution >= 4 is 32.7 Å². The van der Waals surface area contributed by atoms with Crippen LogP contribution in [0.1, 0.15) is 23.2 Å². The van der Waals surface area contributed by atoms with Gasteiger partial charge in [-0.05, 0) is 25.0 Å². The van der Waals surface area contributed by atoms with Crippen LogP contribution < -0.4 is 16.2 Å². The molecule has 0 aliphatic heterocycles. The van der Waals surface area contributed by atoms with Crippen LogP contribution in [0, 0.1) is 11.3 Å². The molecule has 0 atom stereocenters. The van der Waals surface area contributed by atoms with Crippen LogP contribution in [0.4, 0.5) is 5.82 Å². The lowest BCUT2D eigenvalue weighted by atomic mass is 10.1. The summed E-state index contributed by atoms with van der Waals surface area (Å²) in [6, 6.07) is 6.13. The number of nitrogens with two attached hydrogens (primary N) is 2. The lowest BCUT2D eigenvalue weighted by Gasteiger charge is -2.10. The fourth-order valence-corrected chi connectivity index (χ4v) is 3.71. The molecule has 1 aromatic carbocycles. The van der Waals surface area contributed by atoms with Gasteiger partial charge in [0.2, 0.25) is 10.0 Å². The largest absolute Gasteiger partial charge is 0.385 e. The second kappa shape index (κ2) is 4.46. The van der Waals surface area contributed by atoms with E-state index in [9.17, 15) is 13.2 Å². The summed E-state index contributed by atoms with van der Waals surface area (Å²) in [5.41, 5.74) is 10.4. The van der Waals surface area contributed by atoms with Gasteiger partial charge in [-0.25, -0.2) is 8.42 Å². The number of hydrogen-bond donors (Lipinski definition) is 4. The number of anilines is 1. The fraction of sp³-hybridized carbons (Fsp3) is 0.231. The van der Waals surface area contributed by atoms with Gasteiger partial charge in [-0.1, -0.05) is 6.07 Å². The Morgan fingerprint density at radius 3 is 2.64 bits per heavy atom. The van der Waals surface area contributed by atoms with E-state index < -0.39 is 21.5 Å². The number of rotatable bonds is 4. The molecular formula is C13H13N5O3S. The molecule has 0 saturated heterocycles. The highest BCUT2D eigenvalue weighted by molar-refractivity contribution is 7.89. The number of H-pyrrole nitrogens is 1. The summed E-state index contributed by atoms with van der Waals surface area (Å²) in [5, 5.41) is 9.44. The molecule has 0 radical (unpaired) electrons. The molecule has 1 amide bonds. The van der Waals surface area contributed by atoms with E-state index in [0.29, 0.717) is 23.7 Å². The number of carbonyl (C=O) groups excluding carboxylic acids is 1. The number of carbonyl (C=O) groups is 1. The lowest BCUT2D eigenvalue weighted by molar-refractivity contribution is 0.100. The molecule has 1 aromatic heterocycles. The number of sulfonamides is 1. The molecule has 0 bridgehead atoms. The van der Waals surface area contributed by atoms with Gasteiger partial charge in [0, 0.05) is 10.9 Å². The van der Waals surface area contributed by atoms with E-state index in [1.165, 1.54) is 18.2 Å². The topological polar surface area (TPSA) is 155 Å². The molecule has 3 rings (SSSR count). The second-order valence-electron chi connectivity index (χ2n) is 5.28. The predicted octanol–water partition coefficient (Wildman–Crippen LogP) is 0.183. The fourth-order valence-electron chi connectivity index (χ4n) is 2.31. The number of hydrogen-bond acceptors (Lipinski definition) is 5. The van der Waals surface area contributed by atoms with Crippen molar-refractivity contribution in [1.29, 1.82) is 5.26 Å². The minimum absolute atomic E-state index is 0.0150. The van der Waals surface area contributed by atoms with Gasteiger partial charge >= 0.3 is 0 Å². The highest BCUT2D eigenvalue weighted by atomic mass is 32.2. The third-order valence-electron chi connectivity index (χ3n) is 3.65. The monoisotopic (exact) mass is 319 g/mol. The summed E-state index contributed by atoms with van der Waals surface area (Å²) in [4.78, 5) is 14.1. The van der Waals surface area contributed by atoms with Crippen LogP contribution >= 0.6 is 0 Å². The van der Waals surface area contributed by atoms with Crippen molar-refractivity contribution in [2.75, 3.05) is 5.73 Å². The Balaban J connectivity index is 2.06. The molecule has 6 N–H and O–H groups in total. The van der Waals surface area contributed by atoms with E-state index in [1.807, 2.05) is 6.07 Å². The molecule has 1 saturated carbocycles. The van der Waals surface area contributed by atoms with Crippen molar-refractivity contribution in [3.63, 3.8) is 0 Å². The van der Waals surface area contributed by atoms with Crippen LogP contribution in [0.25, 0.3) is 10.9 Å². The normalized spacial score (nSPS) is 16.3. The number of nitrogen functional groups attached to an aromatic ring is 1. The zero-order valence-electron chi connectivity index (χ0n) is 11.4. The van der Waals surface area contributed by atoms with Crippen LogP contribution in [0.15, 0.2) is 23.1 Å². The van der Waals surface area contributed by atoms with Crippen LogP contribution in [-0.2, 0) is 10.0 Å². The highest BCUT2D eigenvalue weighted by Crippen LogP contribution is 2.36. The standard InChI is InChI=1S/C13H13N5O3S/c14-6-13(3-4-13)18-22(20,21)7-1-2-8-9(5-7)17-11(15)10(8)12(16)19/h1-2,5,17-18H,3-4,15H2,(H2,16,19). The maximum absolute atomic E-state index is 12.3. The Labute approximate surface area is 126 Å². The van der Waals surface area contributed by atoms with Gasteiger partial charge < -0.3 is 16.5 Å². The molecule has 0 spiro atoms. The van der Waals surface area contributed by atoms with Crippen molar-refractivity contribution in [3.05, 3.63) is 23.8 Å². The van der Waals surface area contributed by atoms with Crippen molar-refractivity contribution in [2.45, 2.75) is 23.3 Å². The molecule has 0 unspecified atom stereocenters.